The molecule has 0 amide bonds. The van der Waals surface area contributed by atoms with Crippen LogP contribution < -0.4 is 10.1 Å². The van der Waals surface area contributed by atoms with Gasteiger partial charge in [-0.05, 0) is 35.6 Å². The lowest BCUT2D eigenvalue weighted by Gasteiger charge is -2.23. The molecule has 2 nitrogen and oxygen atoms in total. The van der Waals surface area contributed by atoms with Crippen LogP contribution in [0.3, 0.4) is 0 Å². The number of benzene rings is 2. The molecule has 0 spiro atoms. The lowest BCUT2D eigenvalue weighted by Crippen LogP contribution is -2.13. The SMILES string of the molecule is COc1ccc(C(C)(C)C)cc1NC(C)c1ccccc1. The van der Waals surface area contributed by atoms with Crippen LogP contribution in [0.4, 0.5) is 5.69 Å². The molecular weight excluding hydrogens is 258 g/mol. The van der Waals surface area contributed by atoms with Gasteiger partial charge in [-0.15, -0.1) is 0 Å². The maximum absolute atomic E-state index is 5.49. The molecule has 1 N–H and O–H groups in total. The van der Waals surface area contributed by atoms with E-state index < -0.39 is 0 Å². The minimum Gasteiger partial charge on any atom is -0.495 e. The van der Waals surface area contributed by atoms with Gasteiger partial charge >= 0.3 is 0 Å². The Morgan fingerprint density at radius 2 is 1.67 bits per heavy atom. The minimum atomic E-state index is 0.124. The summed E-state index contributed by atoms with van der Waals surface area (Å²) >= 11 is 0. The van der Waals surface area contributed by atoms with Crippen molar-refractivity contribution in [1.82, 2.24) is 0 Å². The molecule has 0 bridgehead atoms. The fraction of sp³-hybridized carbons (Fsp3) is 0.368. The Labute approximate surface area is 128 Å². The Morgan fingerprint density at radius 1 is 1.00 bits per heavy atom. The second-order valence-corrected chi connectivity index (χ2v) is 6.44. The van der Waals surface area contributed by atoms with E-state index in [1.54, 1.807) is 7.11 Å². The smallest absolute Gasteiger partial charge is 0.141 e. The van der Waals surface area contributed by atoms with Crippen LogP contribution in [0.15, 0.2) is 48.5 Å². The molecule has 21 heavy (non-hydrogen) atoms. The molecule has 0 aliphatic rings. The van der Waals surface area contributed by atoms with Gasteiger partial charge in [-0.25, -0.2) is 0 Å². The van der Waals surface area contributed by atoms with Crippen LogP contribution in [0.5, 0.6) is 5.75 Å². The molecule has 0 fully saturated rings. The van der Waals surface area contributed by atoms with E-state index in [0.717, 1.165) is 11.4 Å². The van der Waals surface area contributed by atoms with E-state index in [1.165, 1.54) is 11.1 Å². The van der Waals surface area contributed by atoms with Crippen molar-refractivity contribution in [2.24, 2.45) is 0 Å². The topological polar surface area (TPSA) is 21.3 Å². The van der Waals surface area contributed by atoms with E-state index >= 15 is 0 Å². The molecule has 112 valence electrons. The highest BCUT2D eigenvalue weighted by Gasteiger charge is 2.17. The summed E-state index contributed by atoms with van der Waals surface area (Å²) in [4.78, 5) is 0. The Balaban J connectivity index is 2.29. The summed E-state index contributed by atoms with van der Waals surface area (Å²) in [6.07, 6.45) is 0. The molecule has 0 aliphatic heterocycles. The van der Waals surface area contributed by atoms with Gasteiger partial charge in [0.05, 0.1) is 12.8 Å². The lowest BCUT2D eigenvalue weighted by molar-refractivity contribution is 0.415. The summed E-state index contributed by atoms with van der Waals surface area (Å²) in [5.74, 6) is 0.880. The molecule has 0 heterocycles. The zero-order valence-electron chi connectivity index (χ0n) is 13.6. The molecule has 1 atom stereocenters. The molecular formula is C19H25NO. The Kier molecular flexibility index (Phi) is 4.56. The number of hydrogen-bond acceptors (Lipinski definition) is 2. The van der Waals surface area contributed by atoms with Gasteiger partial charge in [-0.3, -0.25) is 0 Å². The molecule has 2 heteroatoms. The predicted molar refractivity (Wildman–Crippen MR) is 90.2 cm³/mol. The number of methoxy groups -OCH3 is 1. The van der Waals surface area contributed by atoms with E-state index in [4.69, 9.17) is 4.74 Å². The normalized spacial score (nSPS) is 12.8. The first kappa shape index (κ1) is 15.4. The molecule has 2 aromatic rings. The fourth-order valence-electron chi connectivity index (χ4n) is 2.35. The minimum absolute atomic E-state index is 0.124. The van der Waals surface area contributed by atoms with Crippen molar-refractivity contribution in [3.63, 3.8) is 0 Å². The second-order valence-electron chi connectivity index (χ2n) is 6.44. The summed E-state index contributed by atoms with van der Waals surface area (Å²) in [5.41, 5.74) is 3.73. The van der Waals surface area contributed by atoms with Gasteiger partial charge in [0, 0.05) is 6.04 Å². The van der Waals surface area contributed by atoms with Crippen molar-refractivity contribution in [3.05, 3.63) is 59.7 Å². The standard InChI is InChI=1S/C19H25NO/c1-14(15-9-7-6-8-10-15)20-17-13-16(19(2,3)4)11-12-18(17)21-5/h6-14,20H,1-5H3. The van der Waals surface area contributed by atoms with Crippen molar-refractivity contribution in [3.8, 4) is 5.75 Å². The van der Waals surface area contributed by atoms with Crippen LogP contribution in [0, 0.1) is 0 Å². The third-order valence-electron chi connectivity index (χ3n) is 3.74. The Hall–Kier alpha value is -1.96. The number of nitrogens with one attached hydrogen (secondary N) is 1. The lowest BCUT2D eigenvalue weighted by atomic mass is 9.86. The van der Waals surface area contributed by atoms with Crippen LogP contribution in [-0.2, 0) is 5.41 Å². The van der Waals surface area contributed by atoms with E-state index in [2.05, 4.69) is 69.4 Å². The van der Waals surface area contributed by atoms with E-state index in [0.29, 0.717) is 0 Å². The number of rotatable bonds is 4. The van der Waals surface area contributed by atoms with Gasteiger partial charge in [-0.1, -0.05) is 57.2 Å². The maximum atomic E-state index is 5.49. The first-order chi connectivity index (χ1) is 9.91. The largest absolute Gasteiger partial charge is 0.495 e. The summed E-state index contributed by atoms with van der Waals surface area (Å²) in [7, 11) is 1.71. The molecule has 0 aliphatic carbocycles. The van der Waals surface area contributed by atoms with Gasteiger partial charge in [0.25, 0.3) is 0 Å². The average molecular weight is 283 g/mol. The van der Waals surface area contributed by atoms with Crippen LogP contribution >= 0.6 is 0 Å². The van der Waals surface area contributed by atoms with Crippen molar-refractivity contribution in [2.45, 2.75) is 39.2 Å². The number of ether oxygens (including phenoxy) is 1. The van der Waals surface area contributed by atoms with Crippen LogP contribution in [0.2, 0.25) is 0 Å². The first-order valence-corrected chi connectivity index (χ1v) is 7.42. The van der Waals surface area contributed by atoms with Gasteiger partial charge in [0.1, 0.15) is 5.75 Å². The number of hydrogen-bond donors (Lipinski definition) is 1. The Bertz CT molecular complexity index is 584. The van der Waals surface area contributed by atoms with Crippen molar-refractivity contribution in [2.75, 3.05) is 12.4 Å². The summed E-state index contributed by atoms with van der Waals surface area (Å²) in [6.45, 7) is 8.83. The molecule has 2 rings (SSSR count). The summed E-state index contributed by atoms with van der Waals surface area (Å²) in [6, 6.07) is 17.0. The summed E-state index contributed by atoms with van der Waals surface area (Å²) < 4.78 is 5.49. The number of anilines is 1. The third-order valence-corrected chi connectivity index (χ3v) is 3.74. The Morgan fingerprint density at radius 3 is 2.24 bits per heavy atom. The van der Waals surface area contributed by atoms with Crippen molar-refractivity contribution in [1.29, 1.82) is 0 Å². The zero-order valence-corrected chi connectivity index (χ0v) is 13.6. The fourth-order valence-corrected chi connectivity index (χ4v) is 2.35. The predicted octanol–water partition coefficient (Wildman–Crippen LogP) is 5.17. The first-order valence-electron chi connectivity index (χ1n) is 7.42. The van der Waals surface area contributed by atoms with Crippen molar-refractivity contribution >= 4 is 5.69 Å². The molecule has 1 unspecified atom stereocenters. The summed E-state index contributed by atoms with van der Waals surface area (Å²) in [5, 5.41) is 3.57. The highest BCUT2D eigenvalue weighted by atomic mass is 16.5. The van der Waals surface area contributed by atoms with Crippen LogP contribution in [-0.4, -0.2) is 7.11 Å². The van der Waals surface area contributed by atoms with Gasteiger partial charge < -0.3 is 10.1 Å². The molecule has 0 aromatic heterocycles. The second kappa shape index (κ2) is 6.21. The molecule has 0 saturated heterocycles. The van der Waals surface area contributed by atoms with E-state index in [9.17, 15) is 0 Å². The zero-order chi connectivity index (χ0) is 15.5. The molecule has 2 aromatic carbocycles. The monoisotopic (exact) mass is 283 g/mol. The molecule has 0 saturated carbocycles. The highest BCUT2D eigenvalue weighted by Crippen LogP contribution is 2.33. The third kappa shape index (κ3) is 3.78. The van der Waals surface area contributed by atoms with E-state index in [-0.39, 0.29) is 11.5 Å². The molecule has 0 radical (unpaired) electrons. The maximum Gasteiger partial charge on any atom is 0.141 e. The van der Waals surface area contributed by atoms with Gasteiger partial charge in [0.15, 0.2) is 0 Å². The van der Waals surface area contributed by atoms with Gasteiger partial charge in [-0.2, -0.15) is 0 Å². The van der Waals surface area contributed by atoms with Crippen molar-refractivity contribution < 1.29 is 4.74 Å². The van der Waals surface area contributed by atoms with E-state index in [1.807, 2.05) is 12.1 Å². The van der Waals surface area contributed by atoms with Crippen LogP contribution in [0.25, 0.3) is 0 Å². The quantitative estimate of drug-likeness (QED) is 0.836. The highest BCUT2D eigenvalue weighted by molar-refractivity contribution is 5.60. The van der Waals surface area contributed by atoms with Crippen LogP contribution in [0.1, 0.15) is 44.9 Å². The van der Waals surface area contributed by atoms with Gasteiger partial charge in [0.2, 0.25) is 0 Å². The average Bonchev–Trinajstić information content (AvgIpc) is 2.47.